The van der Waals surface area contributed by atoms with Gasteiger partial charge in [0.25, 0.3) is 0 Å². The fourth-order valence-electron chi connectivity index (χ4n) is 8.04. The van der Waals surface area contributed by atoms with Gasteiger partial charge in [-0.3, -0.25) is 9.48 Å². The molecular weight excluding hydrogens is 344 g/mol. The van der Waals surface area contributed by atoms with E-state index in [1.165, 1.54) is 44.9 Å². The maximum absolute atomic E-state index is 13.5. The van der Waals surface area contributed by atoms with Crippen molar-refractivity contribution in [3.05, 3.63) is 23.0 Å². The lowest BCUT2D eigenvalue weighted by Crippen LogP contribution is -2.52. The van der Waals surface area contributed by atoms with E-state index in [-0.39, 0.29) is 5.41 Å². The van der Waals surface area contributed by atoms with Crippen molar-refractivity contribution in [1.29, 1.82) is 0 Å². The van der Waals surface area contributed by atoms with E-state index in [1.807, 2.05) is 18.7 Å². The quantitative estimate of drug-likeness (QED) is 0.584. The summed E-state index contributed by atoms with van der Waals surface area (Å²) in [5.41, 5.74) is 3.63. The molecule has 4 fully saturated rings. The Balaban J connectivity index is 1.47. The van der Waals surface area contributed by atoms with Gasteiger partial charge in [-0.15, -0.1) is 0 Å². The van der Waals surface area contributed by atoms with Crippen molar-refractivity contribution in [2.45, 2.75) is 78.6 Å². The highest BCUT2D eigenvalue weighted by Gasteiger charge is 2.60. The van der Waals surface area contributed by atoms with Crippen LogP contribution in [0.1, 0.15) is 82.9 Å². The van der Waals surface area contributed by atoms with Gasteiger partial charge in [0.2, 0.25) is 0 Å². The maximum Gasteiger partial charge on any atom is 0.165 e. The number of nitrogens with zero attached hydrogens (tertiary/aromatic N) is 2. The minimum Gasteiger partial charge on any atom is -0.294 e. The van der Waals surface area contributed by atoms with Crippen LogP contribution in [-0.4, -0.2) is 15.6 Å². The number of ketones is 1. The van der Waals surface area contributed by atoms with E-state index in [0.29, 0.717) is 17.1 Å². The summed E-state index contributed by atoms with van der Waals surface area (Å²) in [6, 6.07) is 0. The van der Waals surface area contributed by atoms with Gasteiger partial charge < -0.3 is 0 Å². The van der Waals surface area contributed by atoms with Gasteiger partial charge in [0.1, 0.15) is 0 Å². The van der Waals surface area contributed by atoms with Crippen LogP contribution in [0.15, 0.2) is 11.8 Å². The molecule has 3 heteroatoms. The molecule has 1 heterocycles. The van der Waals surface area contributed by atoms with Crippen LogP contribution in [0.25, 0.3) is 6.08 Å². The van der Waals surface area contributed by atoms with Crippen LogP contribution in [-0.2, 0) is 11.8 Å². The molecule has 28 heavy (non-hydrogen) atoms. The summed E-state index contributed by atoms with van der Waals surface area (Å²) >= 11 is 0. The van der Waals surface area contributed by atoms with E-state index in [1.54, 1.807) is 0 Å². The van der Waals surface area contributed by atoms with Crippen molar-refractivity contribution in [2.75, 3.05) is 0 Å². The molecular formula is C25H36N2O. The Morgan fingerprint density at radius 3 is 2.68 bits per heavy atom. The standard InChI is InChI=1S/C25H36N2O/c1-16-18(15-27(4)26-16)13-17-14-22-20-9-8-19-7-5-6-11-24(19,2)21(20)10-12-25(22,3)23(17)28/h13,15,19-22H,5-12,14H2,1-4H3/b17-13-/t19-,20+,21-,22-,24+,25-/m1/s1. The lowest BCUT2D eigenvalue weighted by Gasteiger charge is -2.59. The fraction of sp³-hybridized carbons (Fsp3) is 0.760. The molecule has 0 aromatic carbocycles. The number of aromatic nitrogens is 2. The Morgan fingerprint density at radius 1 is 1.11 bits per heavy atom. The summed E-state index contributed by atoms with van der Waals surface area (Å²) < 4.78 is 1.86. The topological polar surface area (TPSA) is 34.9 Å². The normalized spacial score (nSPS) is 44.3. The van der Waals surface area contributed by atoms with Gasteiger partial charge in [0.05, 0.1) is 5.69 Å². The monoisotopic (exact) mass is 380 g/mol. The van der Waals surface area contributed by atoms with Crippen molar-refractivity contribution >= 4 is 11.9 Å². The van der Waals surface area contributed by atoms with Gasteiger partial charge in [-0.05, 0) is 92.6 Å². The van der Waals surface area contributed by atoms with Crippen molar-refractivity contribution < 1.29 is 4.79 Å². The number of allylic oxidation sites excluding steroid dienone is 1. The number of aryl methyl sites for hydroxylation is 2. The first kappa shape index (κ1) is 18.6. The Kier molecular flexibility index (Phi) is 4.20. The number of carbonyl (C=O) groups is 1. The summed E-state index contributed by atoms with van der Waals surface area (Å²) in [7, 11) is 1.96. The molecule has 152 valence electrons. The van der Waals surface area contributed by atoms with Crippen LogP contribution in [0.3, 0.4) is 0 Å². The average molecular weight is 381 g/mol. The lowest BCUT2D eigenvalue weighted by atomic mass is 9.45. The third-order valence-corrected chi connectivity index (χ3v) is 9.60. The van der Waals surface area contributed by atoms with Crippen LogP contribution in [0.4, 0.5) is 0 Å². The molecule has 4 saturated carbocycles. The molecule has 0 aliphatic heterocycles. The summed E-state index contributed by atoms with van der Waals surface area (Å²) in [5.74, 6) is 3.54. The van der Waals surface area contributed by atoms with Crippen LogP contribution in [0.2, 0.25) is 0 Å². The SMILES string of the molecule is Cc1nn(C)cc1/C=C1/C[C@@H]2[C@H]3CC[C@H]4CCCC[C@]4(C)[C@@H]3CC[C@@]2(C)C1=O. The van der Waals surface area contributed by atoms with E-state index in [9.17, 15) is 4.79 Å². The van der Waals surface area contributed by atoms with Crippen molar-refractivity contribution in [1.82, 2.24) is 9.78 Å². The Bertz CT molecular complexity index is 836. The van der Waals surface area contributed by atoms with Crippen LogP contribution in [0.5, 0.6) is 0 Å². The number of rotatable bonds is 1. The van der Waals surface area contributed by atoms with Gasteiger partial charge in [0.15, 0.2) is 5.78 Å². The average Bonchev–Trinajstić information content (AvgIpc) is 3.11. The highest BCUT2D eigenvalue weighted by Crippen LogP contribution is 2.66. The first-order valence-corrected chi connectivity index (χ1v) is 11.6. The van der Waals surface area contributed by atoms with Gasteiger partial charge in [-0.25, -0.2) is 0 Å². The lowest BCUT2D eigenvalue weighted by molar-refractivity contribution is -0.137. The molecule has 0 radical (unpaired) electrons. The number of fused-ring (bicyclic) bond motifs is 5. The molecule has 1 aromatic heterocycles. The van der Waals surface area contributed by atoms with E-state index < -0.39 is 0 Å². The zero-order valence-corrected chi connectivity index (χ0v) is 18.1. The van der Waals surface area contributed by atoms with Crippen molar-refractivity contribution in [3.63, 3.8) is 0 Å². The molecule has 0 spiro atoms. The molecule has 6 atom stereocenters. The molecule has 0 amide bonds. The first-order valence-electron chi connectivity index (χ1n) is 11.6. The summed E-state index contributed by atoms with van der Waals surface area (Å²) in [6.07, 6.45) is 16.1. The zero-order valence-electron chi connectivity index (χ0n) is 18.1. The molecule has 0 saturated heterocycles. The largest absolute Gasteiger partial charge is 0.294 e. The number of hydrogen-bond donors (Lipinski definition) is 0. The summed E-state index contributed by atoms with van der Waals surface area (Å²) in [4.78, 5) is 13.5. The predicted molar refractivity (Wildman–Crippen MR) is 113 cm³/mol. The highest BCUT2D eigenvalue weighted by molar-refractivity contribution is 6.06. The molecule has 1 aromatic rings. The van der Waals surface area contributed by atoms with Gasteiger partial charge in [-0.2, -0.15) is 5.10 Å². The second-order valence-corrected chi connectivity index (χ2v) is 10.9. The molecule has 0 unspecified atom stereocenters. The number of hydrogen-bond acceptors (Lipinski definition) is 2. The smallest absolute Gasteiger partial charge is 0.165 e. The maximum atomic E-state index is 13.5. The van der Waals surface area contributed by atoms with Crippen molar-refractivity contribution in [2.24, 2.45) is 41.5 Å². The Hall–Kier alpha value is -1.38. The molecule has 0 N–H and O–H groups in total. The zero-order chi connectivity index (χ0) is 19.7. The molecule has 0 bridgehead atoms. The molecule has 4 aliphatic rings. The second-order valence-electron chi connectivity index (χ2n) is 10.9. The molecule has 4 aliphatic carbocycles. The van der Waals surface area contributed by atoms with E-state index in [0.717, 1.165) is 47.4 Å². The van der Waals surface area contributed by atoms with Crippen LogP contribution < -0.4 is 0 Å². The molecule has 3 nitrogen and oxygen atoms in total. The third-order valence-electron chi connectivity index (χ3n) is 9.60. The van der Waals surface area contributed by atoms with E-state index >= 15 is 0 Å². The van der Waals surface area contributed by atoms with Gasteiger partial charge in [0, 0.05) is 24.2 Å². The van der Waals surface area contributed by atoms with Crippen LogP contribution >= 0.6 is 0 Å². The predicted octanol–water partition coefficient (Wildman–Crippen LogP) is 5.72. The minimum absolute atomic E-state index is 0.124. The summed E-state index contributed by atoms with van der Waals surface area (Å²) in [6.45, 7) is 6.95. The van der Waals surface area contributed by atoms with Crippen LogP contribution in [0, 0.1) is 41.4 Å². The van der Waals surface area contributed by atoms with E-state index in [2.05, 4.69) is 31.2 Å². The molecule has 5 rings (SSSR count). The Morgan fingerprint density at radius 2 is 1.93 bits per heavy atom. The fourth-order valence-corrected chi connectivity index (χ4v) is 8.04. The third kappa shape index (κ3) is 2.53. The first-order chi connectivity index (χ1) is 13.3. The van der Waals surface area contributed by atoms with E-state index in [4.69, 9.17) is 0 Å². The summed E-state index contributed by atoms with van der Waals surface area (Å²) in [5, 5.41) is 4.47. The second kappa shape index (κ2) is 6.31. The number of Topliss-reactive ketones (excluding diaryl/α,β-unsaturated/α-hetero) is 1. The number of carbonyl (C=O) groups excluding carboxylic acids is 1. The highest BCUT2D eigenvalue weighted by atomic mass is 16.1. The van der Waals surface area contributed by atoms with Crippen molar-refractivity contribution in [3.8, 4) is 0 Å². The minimum atomic E-state index is -0.124. The Labute approximate surface area is 170 Å². The van der Waals surface area contributed by atoms with Gasteiger partial charge in [-0.1, -0.05) is 26.7 Å². The van der Waals surface area contributed by atoms with Gasteiger partial charge >= 0.3 is 0 Å².